The second-order valence-electron chi connectivity index (χ2n) is 36.2. The smallest absolute Gasteiger partial charge is 0.159 e. The highest BCUT2D eigenvalue weighted by Gasteiger charge is 2.53. The maximum Gasteiger partial charge on any atom is 0.159 e. The normalized spacial score (nSPS) is 13.9. The Morgan fingerprint density at radius 3 is 0.890 bits per heavy atom. The third-order valence-corrected chi connectivity index (χ3v) is 27.4. The summed E-state index contributed by atoms with van der Waals surface area (Å²) in [4.78, 5) is 9.57. The summed E-state index contributed by atoms with van der Waals surface area (Å²) in [5, 5.41) is 4.65. The number of anilines is 12. The molecule has 0 amide bonds. The molecule has 7 nitrogen and oxygen atoms in total. The van der Waals surface area contributed by atoms with Crippen LogP contribution in [0.15, 0.2) is 426 Å². The first kappa shape index (κ1) is 76.4. The Morgan fingerprint density at radius 1 is 0.189 bits per heavy atom. The van der Waals surface area contributed by atoms with Crippen molar-refractivity contribution in [2.24, 2.45) is 0 Å². The Morgan fingerprint density at radius 2 is 0.480 bits per heavy atom. The highest BCUT2D eigenvalue weighted by molar-refractivity contribution is 6.11. The van der Waals surface area contributed by atoms with Crippen LogP contribution in [0.1, 0.15) is 99.9 Å². The van der Waals surface area contributed by atoms with Crippen molar-refractivity contribution in [2.75, 3.05) is 19.6 Å². The second kappa shape index (κ2) is 29.7. The number of hydrogen-bond donors (Lipinski definition) is 0. The predicted molar refractivity (Wildman–Crippen MR) is 527 cm³/mol. The van der Waals surface area contributed by atoms with E-state index in [2.05, 4.69) is 481 Å². The maximum atomic E-state index is 7.24. The third-order valence-electron chi connectivity index (χ3n) is 27.4. The van der Waals surface area contributed by atoms with Gasteiger partial charge in [0.1, 0.15) is 28.6 Å². The second-order valence-corrected chi connectivity index (χ2v) is 36.2. The summed E-state index contributed by atoms with van der Waals surface area (Å²) < 4.78 is 21.1. The summed E-state index contributed by atoms with van der Waals surface area (Å²) in [6.07, 6.45) is 0. The Kier molecular flexibility index (Phi) is 17.8. The molecular weight excluding hydrogens is 1550 g/mol. The Labute approximate surface area is 741 Å². The number of benzene rings is 17. The zero-order valence-electron chi connectivity index (χ0n) is 72.3. The predicted octanol–water partition coefficient (Wildman–Crippen LogP) is 33.7. The molecule has 3 heterocycles. The Balaban J connectivity index is 0.000000147. The maximum absolute atomic E-state index is 7.24. The largest absolute Gasteiger partial charge is 0.455 e. The molecule has 127 heavy (non-hydrogen) atoms. The van der Waals surface area contributed by atoms with Crippen LogP contribution in [0.2, 0.25) is 0 Å². The van der Waals surface area contributed by atoms with Crippen LogP contribution in [-0.2, 0) is 21.7 Å². The van der Waals surface area contributed by atoms with Crippen molar-refractivity contribution in [1.29, 1.82) is 0 Å². The fraction of sp³-hybridized carbons (Fsp3) is 0.100. The zero-order chi connectivity index (χ0) is 85.6. The molecule has 0 atom stereocenters. The van der Waals surface area contributed by atoms with Gasteiger partial charge in [-0.25, -0.2) is 0 Å². The highest BCUT2D eigenvalue weighted by Crippen LogP contribution is 2.65. The van der Waals surface area contributed by atoms with E-state index < -0.39 is 0 Å². The van der Waals surface area contributed by atoms with Crippen LogP contribution < -0.4 is 19.6 Å². The van der Waals surface area contributed by atoms with Crippen LogP contribution in [-0.4, -0.2) is 0 Å². The molecule has 20 aromatic rings. The van der Waals surface area contributed by atoms with Crippen LogP contribution >= 0.6 is 0 Å². The molecule has 4 aliphatic rings. The van der Waals surface area contributed by atoms with Crippen LogP contribution in [0.5, 0.6) is 0 Å². The number of para-hydroxylation sites is 8. The number of rotatable bonds is 15. The first-order valence-corrected chi connectivity index (χ1v) is 44.2. The van der Waals surface area contributed by atoms with Crippen molar-refractivity contribution in [1.82, 2.24) is 0 Å². The summed E-state index contributed by atoms with van der Waals surface area (Å²) in [5.41, 5.74) is 35.5. The fourth-order valence-corrected chi connectivity index (χ4v) is 21.3. The van der Waals surface area contributed by atoms with Gasteiger partial charge in [0.15, 0.2) is 5.58 Å². The molecule has 0 radical (unpaired) electrons. The lowest BCUT2D eigenvalue weighted by atomic mass is 9.74. The van der Waals surface area contributed by atoms with Gasteiger partial charge in [0.05, 0.1) is 22.7 Å². The van der Waals surface area contributed by atoms with E-state index in [1.165, 1.54) is 88.7 Å². The van der Waals surface area contributed by atoms with Crippen molar-refractivity contribution < 1.29 is 13.3 Å². The van der Waals surface area contributed by atoms with Crippen LogP contribution in [0.3, 0.4) is 0 Å². The number of nitrogens with zero attached hydrogens (tertiary/aromatic N) is 4. The molecule has 24 rings (SSSR count). The Bertz CT molecular complexity index is 7710. The standard InChI is InChI=1S/C64H48N2O2.C56H44N2O/c1-63(2)52-39-44(65(43-25-12-7-13-26-43)54-31-17-14-27-46(54)41-21-8-5-9-22-41)35-37-50(52)61-58(63)59-62(68-61)51-38-36-45(40-53(51)64(59,3)4)66(55-32-18-15-28-47(55)42-23-10-6-11-24-42)56-33-20-30-49-48-29-16-19-34-57(48)67-60(49)56;1-55(2)48-35-43(57(40-22-10-6-11-23-40)42-29-28-37-18-14-15-21-39(37)34-42)30-32-46(48)53-51(55)52-54(59-53)47-33-31-44(36-49(47)56(52,3)4)58(41-24-12-7-13-25-41)50-27-17-16-26-45(50)38-19-8-5-9-20-38/h5-40H,1-4H3;5-36H,1-4H3. The van der Waals surface area contributed by atoms with Crippen molar-refractivity contribution >= 4 is 101 Å². The van der Waals surface area contributed by atoms with Crippen molar-refractivity contribution in [3.63, 3.8) is 0 Å². The van der Waals surface area contributed by atoms with E-state index >= 15 is 0 Å². The summed E-state index contributed by atoms with van der Waals surface area (Å²) in [5.74, 6) is 3.96. The molecule has 0 unspecified atom stereocenters. The van der Waals surface area contributed by atoms with E-state index in [1.54, 1.807) is 0 Å². The monoisotopic (exact) mass is 1640 g/mol. The highest BCUT2D eigenvalue weighted by atomic mass is 16.3. The first-order valence-electron chi connectivity index (χ1n) is 44.2. The molecular formula is C120H92N4O3. The average Bonchev–Trinajstić information content (AvgIpc) is 1.51. The molecule has 0 aliphatic heterocycles. The summed E-state index contributed by atoms with van der Waals surface area (Å²) in [7, 11) is 0. The quantitative estimate of drug-likeness (QED) is 0.101. The van der Waals surface area contributed by atoms with E-state index in [0.29, 0.717) is 0 Å². The van der Waals surface area contributed by atoms with E-state index in [4.69, 9.17) is 13.3 Å². The zero-order valence-corrected chi connectivity index (χ0v) is 72.3. The first-order chi connectivity index (χ1) is 62.1. The minimum absolute atomic E-state index is 0.295. The molecule has 7 heteroatoms. The molecule has 0 fully saturated rings. The molecule has 0 N–H and O–H groups in total. The molecule has 610 valence electrons. The third kappa shape index (κ3) is 12.2. The summed E-state index contributed by atoms with van der Waals surface area (Å²) in [6, 6.07) is 148. The van der Waals surface area contributed by atoms with Gasteiger partial charge in [0.2, 0.25) is 0 Å². The SMILES string of the molecule is CC1(C)c2cc(N(c3ccccc3)c3ccc4ccccc4c3)ccc2-c2oc3c(c21)C(C)(C)c1cc(N(c2ccccc2)c2ccccc2-c2ccccc2)ccc1-3.CC1(C)c2cc(N(c3ccccc3)c3ccccc3-c3ccccc3)ccc2-c2oc3c(c21)C(C)(C)c1cc(N(c2ccccc2-c2ccccc2)c2cccc4c2oc2ccccc24)ccc1-3. The molecule has 3 aromatic heterocycles. The van der Waals surface area contributed by atoms with Gasteiger partial charge in [-0.1, -0.05) is 316 Å². The Hall–Kier alpha value is -15.4. The molecule has 0 bridgehead atoms. The minimum Gasteiger partial charge on any atom is -0.455 e. The molecule has 0 saturated heterocycles. The van der Waals surface area contributed by atoms with Gasteiger partial charge < -0.3 is 32.9 Å². The summed E-state index contributed by atoms with van der Waals surface area (Å²) >= 11 is 0. The van der Waals surface area contributed by atoms with Crippen molar-refractivity contribution in [3.8, 4) is 78.7 Å². The van der Waals surface area contributed by atoms with Crippen LogP contribution in [0, 0.1) is 0 Å². The van der Waals surface area contributed by atoms with Crippen LogP contribution in [0.4, 0.5) is 68.2 Å². The molecule has 0 saturated carbocycles. The number of furan rings is 3. The molecule has 4 aliphatic carbocycles. The number of hydrogen-bond acceptors (Lipinski definition) is 7. The lowest BCUT2D eigenvalue weighted by Crippen LogP contribution is -2.23. The van der Waals surface area contributed by atoms with Crippen molar-refractivity contribution in [2.45, 2.75) is 77.0 Å². The lowest BCUT2D eigenvalue weighted by Gasteiger charge is -2.31. The minimum atomic E-state index is -0.374. The fourth-order valence-electron chi connectivity index (χ4n) is 21.3. The molecule has 0 spiro atoms. The van der Waals surface area contributed by atoms with Crippen molar-refractivity contribution in [3.05, 3.63) is 457 Å². The van der Waals surface area contributed by atoms with E-state index in [1.807, 2.05) is 6.07 Å². The van der Waals surface area contributed by atoms with E-state index in [0.717, 1.165) is 135 Å². The van der Waals surface area contributed by atoms with Gasteiger partial charge in [0, 0.05) is 139 Å². The topological polar surface area (TPSA) is 52.4 Å². The summed E-state index contributed by atoms with van der Waals surface area (Å²) in [6.45, 7) is 19.0. The van der Waals surface area contributed by atoms with Gasteiger partial charge >= 0.3 is 0 Å². The van der Waals surface area contributed by atoms with E-state index in [-0.39, 0.29) is 21.7 Å². The number of fused-ring (bicyclic) bond motifs is 18. The lowest BCUT2D eigenvalue weighted by molar-refractivity contribution is 0.592. The van der Waals surface area contributed by atoms with Gasteiger partial charge in [-0.05, 0) is 201 Å². The average molecular weight is 1640 g/mol. The van der Waals surface area contributed by atoms with Gasteiger partial charge in [0.25, 0.3) is 0 Å². The van der Waals surface area contributed by atoms with E-state index in [9.17, 15) is 0 Å². The van der Waals surface area contributed by atoms with Crippen LogP contribution in [0.25, 0.3) is 111 Å². The molecule has 17 aromatic carbocycles. The van der Waals surface area contributed by atoms with Gasteiger partial charge in [-0.2, -0.15) is 0 Å². The van der Waals surface area contributed by atoms with Gasteiger partial charge in [-0.3, -0.25) is 0 Å². The van der Waals surface area contributed by atoms with Gasteiger partial charge in [-0.15, -0.1) is 0 Å².